The topological polar surface area (TPSA) is 61.5 Å². The van der Waals surface area contributed by atoms with Crippen LogP contribution in [0.4, 0.5) is 4.39 Å². The molecule has 0 fully saturated rings. The minimum Gasteiger partial charge on any atom is -0.491 e. The Bertz CT molecular complexity index is 368. The van der Waals surface area contributed by atoms with Gasteiger partial charge in [0, 0.05) is 0 Å². The van der Waals surface area contributed by atoms with Crippen LogP contribution in [0.3, 0.4) is 0 Å². The Morgan fingerprint density at radius 2 is 2.25 bits per heavy atom. The van der Waals surface area contributed by atoms with Crippen molar-refractivity contribution in [2.24, 2.45) is 5.73 Å². The predicted octanol–water partition coefficient (Wildman–Crippen LogP) is 1.23. The Hall–Kier alpha value is -1.62. The highest BCUT2D eigenvalue weighted by molar-refractivity contribution is 5.71. The summed E-state index contributed by atoms with van der Waals surface area (Å²) in [5.74, 6) is -0.797. The van der Waals surface area contributed by atoms with Gasteiger partial charge in [-0.2, -0.15) is 0 Å². The van der Waals surface area contributed by atoms with Gasteiger partial charge in [-0.25, -0.2) is 4.39 Å². The van der Waals surface area contributed by atoms with Gasteiger partial charge in [-0.1, -0.05) is 6.07 Å². The fourth-order valence-corrected chi connectivity index (χ4v) is 1.13. The number of halogens is 1. The molecule has 0 amide bonds. The van der Waals surface area contributed by atoms with E-state index in [-0.39, 0.29) is 18.9 Å². The first-order valence-corrected chi connectivity index (χ1v) is 4.94. The second-order valence-corrected chi connectivity index (χ2v) is 3.06. The summed E-state index contributed by atoms with van der Waals surface area (Å²) < 4.78 is 23.1. The fraction of sp³-hybridized carbons (Fsp3) is 0.364. The van der Waals surface area contributed by atoms with E-state index in [9.17, 15) is 9.18 Å². The molecule has 88 valence electrons. The lowest BCUT2D eigenvalue weighted by molar-refractivity contribution is -0.143. The molecule has 1 aromatic rings. The Balaban J connectivity index is 2.62. The summed E-state index contributed by atoms with van der Waals surface area (Å²) in [4.78, 5) is 10.8. The third-order valence-corrected chi connectivity index (χ3v) is 1.86. The Kier molecular flexibility index (Phi) is 4.72. The smallest absolute Gasteiger partial charge is 0.320 e. The van der Waals surface area contributed by atoms with E-state index in [0.29, 0.717) is 12.2 Å². The number of rotatable bonds is 5. The second-order valence-electron chi connectivity index (χ2n) is 3.06. The van der Waals surface area contributed by atoms with Gasteiger partial charge in [0.2, 0.25) is 0 Å². The third kappa shape index (κ3) is 3.51. The molecule has 0 saturated carbocycles. The van der Waals surface area contributed by atoms with E-state index < -0.39 is 11.8 Å². The molecule has 1 aromatic carbocycles. The summed E-state index contributed by atoms with van der Waals surface area (Å²) in [7, 11) is 0. The van der Waals surface area contributed by atoms with E-state index in [4.69, 9.17) is 15.2 Å². The predicted molar refractivity (Wildman–Crippen MR) is 56.4 cm³/mol. The summed E-state index contributed by atoms with van der Waals surface area (Å²) in [5.41, 5.74) is 5.62. The number of nitrogens with two attached hydrogens (primary N) is 1. The first kappa shape index (κ1) is 12.4. The van der Waals surface area contributed by atoms with Crippen LogP contribution in [-0.2, 0) is 16.1 Å². The molecular formula is C11H14FNO3. The van der Waals surface area contributed by atoms with E-state index in [1.165, 1.54) is 12.1 Å². The average molecular weight is 227 g/mol. The van der Waals surface area contributed by atoms with Gasteiger partial charge in [-0.15, -0.1) is 0 Å². The van der Waals surface area contributed by atoms with Crippen molar-refractivity contribution >= 4 is 5.97 Å². The summed E-state index contributed by atoms with van der Waals surface area (Å²) >= 11 is 0. The van der Waals surface area contributed by atoms with Crippen LogP contribution in [0.25, 0.3) is 0 Å². The first-order valence-electron chi connectivity index (χ1n) is 4.94. The molecule has 0 aliphatic carbocycles. The van der Waals surface area contributed by atoms with Gasteiger partial charge in [-0.3, -0.25) is 4.79 Å². The summed E-state index contributed by atoms with van der Waals surface area (Å²) in [5, 5.41) is 0. The highest BCUT2D eigenvalue weighted by Gasteiger charge is 2.05. The van der Waals surface area contributed by atoms with Crippen molar-refractivity contribution in [2.75, 3.05) is 13.2 Å². The van der Waals surface area contributed by atoms with Crippen molar-refractivity contribution in [3.05, 3.63) is 29.6 Å². The molecule has 5 heteroatoms. The molecular weight excluding hydrogens is 213 g/mol. The van der Waals surface area contributed by atoms with Crippen molar-refractivity contribution in [2.45, 2.75) is 13.5 Å². The van der Waals surface area contributed by atoms with Crippen molar-refractivity contribution in [1.82, 2.24) is 0 Å². The summed E-state index contributed by atoms with van der Waals surface area (Å²) in [6, 6.07) is 4.41. The largest absolute Gasteiger partial charge is 0.491 e. The van der Waals surface area contributed by atoms with Crippen molar-refractivity contribution < 1.29 is 18.7 Å². The second kappa shape index (κ2) is 6.07. The zero-order valence-corrected chi connectivity index (χ0v) is 9.03. The van der Waals surface area contributed by atoms with Gasteiger partial charge in [-0.05, 0) is 24.6 Å². The van der Waals surface area contributed by atoms with Crippen LogP contribution in [0.5, 0.6) is 5.75 Å². The van der Waals surface area contributed by atoms with E-state index in [1.54, 1.807) is 13.0 Å². The van der Waals surface area contributed by atoms with Gasteiger partial charge in [0.05, 0.1) is 13.2 Å². The molecule has 0 aliphatic heterocycles. The maximum Gasteiger partial charge on any atom is 0.320 e. The molecule has 0 aromatic heterocycles. The van der Waals surface area contributed by atoms with Gasteiger partial charge < -0.3 is 15.2 Å². The minimum absolute atomic E-state index is 0.0133. The Morgan fingerprint density at radius 1 is 1.50 bits per heavy atom. The number of hydrogen-bond donors (Lipinski definition) is 1. The van der Waals surface area contributed by atoms with E-state index in [1.807, 2.05) is 0 Å². The summed E-state index contributed by atoms with van der Waals surface area (Å²) in [6.45, 7) is 2.01. The lowest BCUT2D eigenvalue weighted by atomic mass is 10.2. The SMILES string of the molecule is CCOc1ccc(COC(=O)CN)cc1F. The minimum atomic E-state index is -0.519. The number of benzene rings is 1. The molecule has 2 N–H and O–H groups in total. The van der Waals surface area contributed by atoms with Crippen LogP contribution in [0, 0.1) is 5.82 Å². The molecule has 0 spiro atoms. The van der Waals surface area contributed by atoms with Gasteiger partial charge in [0.15, 0.2) is 11.6 Å². The molecule has 0 heterocycles. The number of esters is 1. The maximum absolute atomic E-state index is 13.4. The number of carbonyl (C=O) groups excluding carboxylic acids is 1. The highest BCUT2D eigenvalue weighted by Crippen LogP contribution is 2.18. The number of carbonyl (C=O) groups is 1. The van der Waals surface area contributed by atoms with Crippen LogP contribution in [0.1, 0.15) is 12.5 Å². The van der Waals surface area contributed by atoms with Crippen molar-refractivity contribution in [1.29, 1.82) is 0 Å². The number of hydrogen-bond acceptors (Lipinski definition) is 4. The molecule has 0 aliphatic rings. The molecule has 0 radical (unpaired) electrons. The normalized spacial score (nSPS) is 9.94. The molecule has 4 nitrogen and oxygen atoms in total. The Morgan fingerprint density at radius 3 is 2.81 bits per heavy atom. The van der Waals surface area contributed by atoms with Crippen LogP contribution in [0.15, 0.2) is 18.2 Å². The highest BCUT2D eigenvalue weighted by atomic mass is 19.1. The van der Waals surface area contributed by atoms with Crippen LogP contribution in [0.2, 0.25) is 0 Å². The quantitative estimate of drug-likeness (QED) is 0.768. The van der Waals surface area contributed by atoms with Gasteiger partial charge >= 0.3 is 5.97 Å². The summed E-state index contributed by atoms with van der Waals surface area (Å²) in [6.07, 6.45) is 0. The Labute approximate surface area is 93.2 Å². The monoisotopic (exact) mass is 227 g/mol. The van der Waals surface area contributed by atoms with Crippen molar-refractivity contribution in [3.8, 4) is 5.75 Å². The van der Waals surface area contributed by atoms with Gasteiger partial charge in [0.1, 0.15) is 6.61 Å². The lowest BCUT2D eigenvalue weighted by Crippen LogP contribution is -2.16. The first-order chi connectivity index (χ1) is 7.67. The third-order valence-electron chi connectivity index (χ3n) is 1.86. The molecule has 0 bridgehead atoms. The maximum atomic E-state index is 13.4. The molecule has 0 atom stereocenters. The molecule has 16 heavy (non-hydrogen) atoms. The van der Waals surface area contributed by atoms with E-state index >= 15 is 0 Å². The number of ether oxygens (including phenoxy) is 2. The zero-order valence-electron chi connectivity index (χ0n) is 9.03. The van der Waals surface area contributed by atoms with Crippen LogP contribution in [-0.4, -0.2) is 19.1 Å². The van der Waals surface area contributed by atoms with E-state index in [2.05, 4.69) is 0 Å². The van der Waals surface area contributed by atoms with Crippen LogP contribution < -0.4 is 10.5 Å². The lowest BCUT2D eigenvalue weighted by Gasteiger charge is -2.07. The standard InChI is InChI=1S/C11H14FNO3/c1-2-15-10-4-3-8(5-9(10)12)7-16-11(14)6-13/h3-5H,2,6-7,13H2,1H3. The van der Waals surface area contributed by atoms with Gasteiger partial charge in [0.25, 0.3) is 0 Å². The molecule has 1 rings (SSSR count). The van der Waals surface area contributed by atoms with Crippen molar-refractivity contribution in [3.63, 3.8) is 0 Å². The molecule has 0 unspecified atom stereocenters. The zero-order chi connectivity index (χ0) is 12.0. The fourth-order valence-electron chi connectivity index (χ4n) is 1.13. The van der Waals surface area contributed by atoms with E-state index in [0.717, 1.165) is 0 Å². The van der Waals surface area contributed by atoms with Crippen LogP contribution >= 0.6 is 0 Å². The molecule has 0 saturated heterocycles. The average Bonchev–Trinajstić information content (AvgIpc) is 2.29.